The van der Waals surface area contributed by atoms with E-state index in [1.54, 1.807) is 25.4 Å². The smallest absolute Gasteiger partial charge is 0.200 e. The maximum absolute atomic E-state index is 13.4. The molecule has 6 nitrogen and oxygen atoms in total. The molecule has 0 N–H and O–H groups in total. The van der Waals surface area contributed by atoms with Gasteiger partial charge in [0.1, 0.15) is 24.8 Å². The van der Waals surface area contributed by atoms with E-state index in [4.69, 9.17) is 14.2 Å². The van der Waals surface area contributed by atoms with Crippen molar-refractivity contribution < 1.29 is 23.4 Å². The van der Waals surface area contributed by atoms with Crippen LogP contribution in [-0.4, -0.2) is 30.7 Å². The van der Waals surface area contributed by atoms with Crippen molar-refractivity contribution in [3.8, 4) is 17.2 Å². The lowest BCUT2D eigenvalue weighted by Gasteiger charge is -2.21. The van der Waals surface area contributed by atoms with E-state index in [0.717, 1.165) is 5.56 Å². The van der Waals surface area contributed by atoms with E-state index in [-0.39, 0.29) is 11.1 Å². The van der Waals surface area contributed by atoms with Crippen LogP contribution >= 0.6 is 0 Å². The van der Waals surface area contributed by atoms with E-state index in [0.29, 0.717) is 47.9 Å². The van der Waals surface area contributed by atoms with E-state index < -0.39 is 17.0 Å². The van der Waals surface area contributed by atoms with Crippen molar-refractivity contribution >= 4 is 16.7 Å². The van der Waals surface area contributed by atoms with Gasteiger partial charge >= 0.3 is 0 Å². The third kappa shape index (κ3) is 3.93. The molecule has 33 heavy (non-hydrogen) atoms. The number of pyridine rings is 1. The molecule has 0 bridgehead atoms. The molecule has 1 aliphatic heterocycles. The highest BCUT2D eigenvalue weighted by atomic mass is 19.1. The molecule has 1 aromatic heterocycles. The first kappa shape index (κ1) is 20.8. The largest absolute Gasteiger partial charge is 0.497 e. The number of methoxy groups -OCH3 is 1. The molecule has 7 heteroatoms. The minimum absolute atomic E-state index is 0.00585. The highest BCUT2D eigenvalue weighted by molar-refractivity contribution is 6.10. The molecule has 0 amide bonds. The van der Waals surface area contributed by atoms with Crippen molar-refractivity contribution in [2.45, 2.75) is 6.54 Å². The summed E-state index contributed by atoms with van der Waals surface area (Å²) in [6, 6.07) is 16.1. The maximum atomic E-state index is 13.4. The lowest BCUT2D eigenvalue weighted by Crippen LogP contribution is -2.21. The number of hydrogen-bond acceptors (Lipinski definition) is 5. The number of nitrogens with zero attached hydrogens (tertiary/aromatic N) is 1. The van der Waals surface area contributed by atoms with Gasteiger partial charge in [-0.3, -0.25) is 9.59 Å². The van der Waals surface area contributed by atoms with Crippen molar-refractivity contribution in [3.05, 3.63) is 99.6 Å². The molecule has 5 rings (SSSR count). The van der Waals surface area contributed by atoms with Crippen LogP contribution in [0.3, 0.4) is 0 Å². The molecule has 0 fully saturated rings. The number of rotatable bonds is 5. The summed E-state index contributed by atoms with van der Waals surface area (Å²) in [7, 11) is 1.59. The molecule has 3 aromatic carbocycles. The highest BCUT2D eigenvalue weighted by Crippen LogP contribution is 2.34. The zero-order chi connectivity index (χ0) is 22.9. The van der Waals surface area contributed by atoms with Gasteiger partial charge in [-0.2, -0.15) is 0 Å². The number of ether oxygens (including phenoxy) is 3. The van der Waals surface area contributed by atoms with Crippen LogP contribution in [0.5, 0.6) is 17.2 Å². The van der Waals surface area contributed by atoms with Gasteiger partial charge in [0.25, 0.3) is 0 Å². The number of carbonyl (C=O) groups excluding carboxylic acids is 1. The fraction of sp³-hybridized carbons (Fsp3) is 0.154. The number of halogens is 1. The SMILES string of the molecule is COc1cccc(Cn2cc(C(=O)c3ccc(F)cc3)c(=O)c3cc4c(cc32)OCCO4)c1. The summed E-state index contributed by atoms with van der Waals surface area (Å²) >= 11 is 0. The molecular formula is C26H20FNO5. The summed E-state index contributed by atoms with van der Waals surface area (Å²) in [5.74, 6) is 0.783. The minimum Gasteiger partial charge on any atom is -0.497 e. The maximum Gasteiger partial charge on any atom is 0.200 e. The Hall–Kier alpha value is -4.13. The molecule has 166 valence electrons. The van der Waals surface area contributed by atoms with Gasteiger partial charge in [0.2, 0.25) is 5.43 Å². The zero-order valence-electron chi connectivity index (χ0n) is 17.8. The number of ketones is 1. The lowest BCUT2D eigenvalue weighted by molar-refractivity contribution is 0.103. The first-order chi connectivity index (χ1) is 16.0. The molecule has 0 atom stereocenters. The topological polar surface area (TPSA) is 66.8 Å². The second-order valence-electron chi connectivity index (χ2n) is 7.70. The van der Waals surface area contributed by atoms with E-state index >= 15 is 0 Å². The summed E-state index contributed by atoms with van der Waals surface area (Å²) in [4.78, 5) is 26.6. The third-order valence-corrected chi connectivity index (χ3v) is 5.58. The average molecular weight is 445 g/mol. The summed E-state index contributed by atoms with van der Waals surface area (Å²) in [6.07, 6.45) is 1.55. The number of aromatic nitrogens is 1. The van der Waals surface area contributed by atoms with Gasteiger partial charge in [0.05, 0.1) is 23.6 Å². The third-order valence-electron chi connectivity index (χ3n) is 5.58. The first-order valence-electron chi connectivity index (χ1n) is 10.4. The normalized spacial score (nSPS) is 12.5. The van der Waals surface area contributed by atoms with E-state index in [9.17, 15) is 14.0 Å². The highest BCUT2D eigenvalue weighted by Gasteiger charge is 2.21. The molecule has 0 unspecified atom stereocenters. The van der Waals surface area contributed by atoms with Crippen molar-refractivity contribution in [1.29, 1.82) is 0 Å². The number of hydrogen-bond donors (Lipinski definition) is 0. The van der Waals surface area contributed by atoms with Gasteiger partial charge in [-0.15, -0.1) is 0 Å². The van der Waals surface area contributed by atoms with Crippen molar-refractivity contribution in [1.82, 2.24) is 4.57 Å². The quantitative estimate of drug-likeness (QED) is 0.431. The van der Waals surface area contributed by atoms with Crippen molar-refractivity contribution in [3.63, 3.8) is 0 Å². The Morgan fingerprint density at radius 1 is 1.03 bits per heavy atom. The second-order valence-corrected chi connectivity index (χ2v) is 7.70. The fourth-order valence-corrected chi connectivity index (χ4v) is 3.94. The van der Waals surface area contributed by atoms with Crippen LogP contribution in [0.4, 0.5) is 4.39 Å². The zero-order valence-corrected chi connectivity index (χ0v) is 17.8. The summed E-state index contributed by atoms with van der Waals surface area (Å²) in [6.45, 7) is 1.18. The van der Waals surface area contributed by atoms with Gasteiger partial charge in [0, 0.05) is 24.4 Å². The molecule has 0 saturated carbocycles. The first-order valence-corrected chi connectivity index (χ1v) is 10.4. The number of carbonyl (C=O) groups is 1. The standard InChI is InChI=1S/C26H20FNO5/c1-31-19-4-2-3-16(11-19)14-28-15-21(25(29)17-5-7-18(27)8-6-17)26(30)20-12-23-24(13-22(20)28)33-10-9-32-23/h2-8,11-13,15H,9-10,14H2,1H3. The number of benzene rings is 3. The Kier molecular flexibility index (Phi) is 5.30. The van der Waals surface area contributed by atoms with Crippen LogP contribution in [0.2, 0.25) is 0 Å². The van der Waals surface area contributed by atoms with Crippen LogP contribution in [0.1, 0.15) is 21.5 Å². The van der Waals surface area contributed by atoms with Crippen molar-refractivity contribution in [2.24, 2.45) is 0 Å². The second kappa shape index (κ2) is 8.43. The Bertz CT molecular complexity index is 1430. The Morgan fingerprint density at radius 2 is 1.76 bits per heavy atom. The predicted molar refractivity (Wildman–Crippen MR) is 121 cm³/mol. The average Bonchev–Trinajstić information content (AvgIpc) is 2.85. The molecule has 2 heterocycles. The summed E-state index contributed by atoms with van der Waals surface area (Å²) in [5, 5.41) is 0.343. The van der Waals surface area contributed by atoms with Crippen LogP contribution < -0.4 is 19.6 Å². The molecular weight excluding hydrogens is 425 g/mol. The Labute approximate surface area is 188 Å². The van der Waals surface area contributed by atoms with E-state index in [2.05, 4.69) is 0 Å². The van der Waals surface area contributed by atoms with E-state index in [1.165, 1.54) is 24.3 Å². The fourth-order valence-electron chi connectivity index (χ4n) is 3.94. The van der Waals surface area contributed by atoms with Gasteiger partial charge in [-0.1, -0.05) is 12.1 Å². The van der Waals surface area contributed by atoms with Crippen molar-refractivity contribution in [2.75, 3.05) is 20.3 Å². The van der Waals surface area contributed by atoms with Gasteiger partial charge in [0.15, 0.2) is 17.3 Å². The lowest BCUT2D eigenvalue weighted by atomic mass is 10.0. The van der Waals surface area contributed by atoms with Gasteiger partial charge < -0.3 is 18.8 Å². The van der Waals surface area contributed by atoms with Crippen LogP contribution in [0, 0.1) is 5.82 Å². The molecule has 0 spiro atoms. The predicted octanol–water partition coefficient (Wildman–Crippen LogP) is 4.20. The summed E-state index contributed by atoms with van der Waals surface area (Å²) in [5.41, 5.74) is 1.35. The molecule has 0 radical (unpaired) electrons. The van der Waals surface area contributed by atoms with Crippen LogP contribution in [0.15, 0.2) is 71.7 Å². The van der Waals surface area contributed by atoms with Crippen LogP contribution in [-0.2, 0) is 6.54 Å². The van der Waals surface area contributed by atoms with Crippen LogP contribution in [0.25, 0.3) is 10.9 Å². The Morgan fingerprint density at radius 3 is 2.48 bits per heavy atom. The molecule has 0 saturated heterocycles. The molecule has 1 aliphatic rings. The monoisotopic (exact) mass is 445 g/mol. The molecule has 4 aromatic rings. The van der Waals surface area contributed by atoms with E-state index in [1.807, 2.05) is 28.8 Å². The Balaban J connectivity index is 1.70. The van der Waals surface area contributed by atoms with Gasteiger partial charge in [-0.05, 0) is 48.0 Å². The van der Waals surface area contributed by atoms with Gasteiger partial charge in [-0.25, -0.2) is 4.39 Å². The molecule has 0 aliphatic carbocycles. The minimum atomic E-state index is -0.476. The number of fused-ring (bicyclic) bond motifs is 2. The summed E-state index contributed by atoms with van der Waals surface area (Å²) < 4.78 is 31.9.